The molecule has 1 N–H and O–H groups in total. The first-order chi connectivity index (χ1) is 15.8. The predicted molar refractivity (Wildman–Crippen MR) is 132 cm³/mol. The lowest BCUT2D eigenvalue weighted by molar-refractivity contribution is -0.134. The number of sulfonamides is 1. The highest BCUT2D eigenvalue weighted by atomic mass is 32.2. The number of benzene rings is 1. The molecule has 1 aliphatic rings. The Morgan fingerprint density at radius 3 is 2.29 bits per heavy atom. The van der Waals surface area contributed by atoms with Crippen LogP contribution in [-0.2, 0) is 33.0 Å². The Morgan fingerprint density at radius 1 is 1.09 bits per heavy atom. The molecule has 2 aromatic rings. The fraction of sp³-hybridized carbons (Fsp3) is 0.583. The largest absolute Gasteiger partial charge is 0.444 e. The van der Waals surface area contributed by atoms with Crippen molar-refractivity contribution in [3.63, 3.8) is 0 Å². The number of ether oxygens (including phenoxy) is 1. The summed E-state index contributed by atoms with van der Waals surface area (Å²) in [5, 5.41) is 3.26. The first-order valence-electron chi connectivity index (χ1n) is 11.6. The second-order valence-corrected chi connectivity index (χ2v) is 12.5. The van der Waals surface area contributed by atoms with Crippen molar-refractivity contribution in [1.29, 1.82) is 0 Å². The van der Waals surface area contributed by atoms with Crippen LogP contribution in [-0.4, -0.2) is 77.3 Å². The first kappa shape index (κ1) is 26.0. The van der Waals surface area contributed by atoms with E-state index in [1.54, 1.807) is 39.5 Å². The Hall–Kier alpha value is -2.59. The molecule has 1 atom stereocenters. The van der Waals surface area contributed by atoms with E-state index in [-0.39, 0.29) is 32.1 Å². The summed E-state index contributed by atoms with van der Waals surface area (Å²) in [5.74, 6) is -0.250. The Balaban J connectivity index is 1.80. The molecule has 0 radical (unpaired) electrons. The maximum Gasteiger partial charge on any atom is 0.408 e. The zero-order chi connectivity index (χ0) is 25.3. The van der Waals surface area contributed by atoms with Crippen LogP contribution in [0.25, 0.3) is 10.9 Å². The van der Waals surface area contributed by atoms with Crippen LogP contribution in [0.2, 0.25) is 0 Å². The topological polar surface area (TPSA) is 101 Å². The molecule has 188 valence electrons. The van der Waals surface area contributed by atoms with Crippen molar-refractivity contribution < 1.29 is 22.7 Å². The number of nitrogens with zero attached hydrogens (tertiary/aromatic N) is 3. The molecule has 0 aliphatic carbocycles. The second-order valence-electron chi connectivity index (χ2n) is 10.0. The fourth-order valence-corrected chi connectivity index (χ4v) is 5.41. The van der Waals surface area contributed by atoms with Gasteiger partial charge in [0, 0.05) is 56.7 Å². The molecule has 9 nitrogen and oxygen atoms in total. The van der Waals surface area contributed by atoms with Gasteiger partial charge in [-0.15, -0.1) is 0 Å². The van der Waals surface area contributed by atoms with E-state index in [1.165, 1.54) is 4.31 Å². The normalized spacial score (nSPS) is 16.6. The van der Waals surface area contributed by atoms with Gasteiger partial charge < -0.3 is 19.5 Å². The summed E-state index contributed by atoms with van der Waals surface area (Å²) in [6.07, 6.45) is 1.60. The molecule has 0 unspecified atom stereocenters. The molecular weight excluding hydrogens is 456 g/mol. The molecule has 34 heavy (non-hydrogen) atoms. The van der Waals surface area contributed by atoms with Gasteiger partial charge in [-0.3, -0.25) is 4.79 Å². The summed E-state index contributed by atoms with van der Waals surface area (Å²) in [4.78, 5) is 27.7. The van der Waals surface area contributed by atoms with Crippen molar-refractivity contribution in [3.05, 3.63) is 36.0 Å². The van der Waals surface area contributed by atoms with E-state index < -0.39 is 33.0 Å². The van der Waals surface area contributed by atoms with Crippen molar-refractivity contribution in [3.8, 4) is 0 Å². The Kier molecular flexibility index (Phi) is 7.62. The average Bonchev–Trinajstić information content (AvgIpc) is 3.07. The zero-order valence-corrected chi connectivity index (χ0v) is 21.7. The summed E-state index contributed by atoms with van der Waals surface area (Å²) in [5.41, 5.74) is 1.27. The van der Waals surface area contributed by atoms with Crippen molar-refractivity contribution in [2.75, 3.05) is 26.2 Å². The summed E-state index contributed by atoms with van der Waals surface area (Å²) >= 11 is 0. The minimum Gasteiger partial charge on any atom is -0.444 e. The van der Waals surface area contributed by atoms with Crippen LogP contribution in [0.4, 0.5) is 4.79 Å². The molecule has 0 bridgehead atoms. The van der Waals surface area contributed by atoms with E-state index >= 15 is 0 Å². The summed E-state index contributed by atoms with van der Waals surface area (Å²) in [6, 6.07) is 7.06. The fourth-order valence-electron chi connectivity index (χ4n) is 4.14. The van der Waals surface area contributed by atoms with E-state index in [4.69, 9.17) is 4.74 Å². The third kappa shape index (κ3) is 5.90. The number of rotatable bonds is 6. The van der Waals surface area contributed by atoms with E-state index in [9.17, 15) is 18.0 Å². The summed E-state index contributed by atoms with van der Waals surface area (Å²) < 4.78 is 33.8. The molecule has 2 heterocycles. The lowest BCUT2D eigenvalue weighted by atomic mass is 10.0. The van der Waals surface area contributed by atoms with Gasteiger partial charge in [-0.2, -0.15) is 4.31 Å². The van der Waals surface area contributed by atoms with Gasteiger partial charge in [-0.25, -0.2) is 13.2 Å². The van der Waals surface area contributed by atoms with Crippen LogP contribution in [0.5, 0.6) is 0 Å². The maximum atomic E-state index is 13.5. The number of amides is 2. The van der Waals surface area contributed by atoms with Crippen molar-refractivity contribution in [2.45, 2.75) is 57.9 Å². The number of hydrogen-bond donors (Lipinski definition) is 1. The molecule has 0 saturated carbocycles. The Morgan fingerprint density at radius 2 is 1.71 bits per heavy atom. The van der Waals surface area contributed by atoms with E-state index in [0.717, 1.165) is 16.5 Å². The minimum absolute atomic E-state index is 0.236. The van der Waals surface area contributed by atoms with Gasteiger partial charge >= 0.3 is 6.09 Å². The number of carbonyl (C=O) groups is 2. The molecule has 1 aliphatic heterocycles. The Labute approximate surface area is 202 Å². The number of para-hydroxylation sites is 1. The van der Waals surface area contributed by atoms with Gasteiger partial charge in [0.05, 0.1) is 5.25 Å². The Bertz CT molecular complexity index is 1140. The van der Waals surface area contributed by atoms with Crippen molar-refractivity contribution >= 4 is 32.9 Å². The zero-order valence-electron chi connectivity index (χ0n) is 20.9. The third-order valence-corrected chi connectivity index (χ3v) is 8.17. The summed E-state index contributed by atoms with van der Waals surface area (Å²) in [7, 11) is -1.43. The first-order valence-corrected chi connectivity index (χ1v) is 13.1. The molecule has 3 rings (SSSR count). The van der Waals surface area contributed by atoms with Crippen LogP contribution in [0.15, 0.2) is 30.5 Å². The molecule has 0 spiro atoms. The van der Waals surface area contributed by atoms with Gasteiger partial charge in [0.1, 0.15) is 11.6 Å². The second kappa shape index (κ2) is 9.95. The van der Waals surface area contributed by atoms with Crippen LogP contribution in [0.1, 0.15) is 40.2 Å². The number of alkyl carbamates (subject to hydrolysis) is 1. The van der Waals surface area contributed by atoms with Gasteiger partial charge in [0.25, 0.3) is 0 Å². The van der Waals surface area contributed by atoms with E-state index in [2.05, 4.69) is 5.32 Å². The monoisotopic (exact) mass is 492 g/mol. The van der Waals surface area contributed by atoms with Crippen LogP contribution in [0, 0.1) is 0 Å². The highest BCUT2D eigenvalue weighted by molar-refractivity contribution is 7.89. The smallest absolute Gasteiger partial charge is 0.408 e. The van der Waals surface area contributed by atoms with E-state index in [1.807, 2.05) is 42.1 Å². The van der Waals surface area contributed by atoms with Gasteiger partial charge in [-0.1, -0.05) is 18.2 Å². The van der Waals surface area contributed by atoms with E-state index in [0.29, 0.717) is 6.42 Å². The van der Waals surface area contributed by atoms with Crippen LogP contribution >= 0.6 is 0 Å². The quantitative estimate of drug-likeness (QED) is 0.668. The van der Waals surface area contributed by atoms with Crippen molar-refractivity contribution in [1.82, 2.24) is 19.1 Å². The lowest BCUT2D eigenvalue weighted by Gasteiger charge is -2.36. The summed E-state index contributed by atoms with van der Waals surface area (Å²) in [6.45, 7) is 9.61. The maximum absolute atomic E-state index is 13.5. The number of fused-ring (bicyclic) bond motifs is 1. The average molecular weight is 493 g/mol. The third-order valence-electron chi connectivity index (χ3n) is 5.90. The SMILES string of the molecule is CC(C)S(=O)(=O)N1CCN(C(=O)[C@H](Cc2cn(C)c3ccccc23)NC(=O)OC(C)(C)C)CC1. The van der Waals surface area contributed by atoms with Gasteiger partial charge in [-0.05, 0) is 46.2 Å². The standard InChI is InChI=1S/C24H36N4O5S/c1-17(2)34(31,32)28-13-11-27(12-14-28)22(29)20(25-23(30)33-24(3,4)5)15-18-16-26(6)21-10-8-7-9-19(18)21/h7-10,16-17,20H,11-15H2,1-6H3,(H,25,30)/t20-/m0/s1. The highest BCUT2D eigenvalue weighted by Gasteiger charge is 2.34. The van der Waals surface area contributed by atoms with Gasteiger partial charge in [0.15, 0.2) is 0 Å². The molecular formula is C24H36N4O5S. The number of carbonyl (C=O) groups excluding carboxylic acids is 2. The number of hydrogen-bond acceptors (Lipinski definition) is 5. The number of piperazine rings is 1. The molecule has 1 aromatic carbocycles. The van der Waals surface area contributed by atoms with Gasteiger partial charge in [0.2, 0.25) is 15.9 Å². The molecule has 10 heteroatoms. The predicted octanol–water partition coefficient (Wildman–Crippen LogP) is 2.50. The minimum atomic E-state index is -3.38. The highest BCUT2D eigenvalue weighted by Crippen LogP contribution is 2.23. The van der Waals surface area contributed by atoms with Crippen LogP contribution < -0.4 is 5.32 Å². The molecule has 1 saturated heterocycles. The molecule has 1 fully saturated rings. The molecule has 2 amide bonds. The number of aromatic nitrogens is 1. The van der Waals surface area contributed by atoms with Crippen molar-refractivity contribution in [2.24, 2.45) is 7.05 Å². The molecule has 1 aromatic heterocycles. The van der Waals surface area contributed by atoms with Crippen LogP contribution in [0.3, 0.4) is 0 Å². The number of aryl methyl sites for hydroxylation is 1. The number of nitrogens with one attached hydrogen (secondary N) is 1. The lowest BCUT2D eigenvalue weighted by Crippen LogP contribution is -2.57.